The lowest BCUT2D eigenvalue weighted by Gasteiger charge is -2.35. The summed E-state index contributed by atoms with van der Waals surface area (Å²) >= 11 is 0. The van der Waals surface area contributed by atoms with Crippen molar-refractivity contribution in [2.75, 3.05) is 19.6 Å². The summed E-state index contributed by atoms with van der Waals surface area (Å²) < 4.78 is 57.5. The quantitative estimate of drug-likeness (QED) is 0.892. The average molecular weight is 306 g/mol. The third-order valence-corrected chi connectivity index (χ3v) is 4.91. The smallest absolute Gasteiger partial charge is 0.243 e. The summed E-state index contributed by atoms with van der Waals surface area (Å²) in [7, 11) is -3.89. The van der Waals surface area contributed by atoms with Gasteiger partial charge in [-0.2, -0.15) is 4.31 Å². The molecule has 1 fully saturated rings. The number of ether oxygens (including phenoxy) is 1. The molecule has 0 aromatic heterocycles. The van der Waals surface area contributed by atoms with Crippen LogP contribution in [0.5, 0.6) is 0 Å². The van der Waals surface area contributed by atoms with Gasteiger partial charge in [-0.05, 0) is 25.1 Å². The van der Waals surface area contributed by atoms with Crippen LogP contribution in [0, 0.1) is 11.6 Å². The van der Waals surface area contributed by atoms with Gasteiger partial charge in [0.15, 0.2) is 11.6 Å². The van der Waals surface area contributed by atoms with Crippen LogP contribution < -0.4 is 5.73 Å². The van der Waals surface area contributed by atoms with E-state index < -0.39 is 27.8 Å². The highest BCUT2D eigenvalue weighted by Gasteiger charge is 2.33. The first-order chi connectivity index (χ1) is 9.34. The number of benzene rings is 1. The second kappa shape index (κ2) is 5.72. The maximum absolute atomic E-state index is 13.2. The molecule has 0 spiro atoms. The zero-order valence-corrected chi connectivity index (χ0v) is 11.7. The van der Waals surface area contributed by atoms with Crippen molar-refractivity contribution in [1.29, 1.82) is 0 Å². The molecule has 2 rings (SSSR count). The van der Waals surface area contributed by atoms with Crippen LogP contribution in [0.1, 0.15) is 6.92 Å². The standard InChI is InChI=1S/C12H16F2N2O3S/c1-8-6-16(7-9(5-15)19-8)20(17,18)10-2-3-11(13)12(14)4-10/h2-4,8-9H,5-7,15H2,1H3. The molecule has 20 heavy (non-hydrogen) atoms. The zero-order chi connectivity index (χ0) is 14.9. The Morgan fingerprint density at radius 3 is 2.65 bits per heavy atom. The molecule has 1 heterocycles. The molecule has 112 valence electrons. The van der Waals surface area contributed by atoms with E-state index in [2.05, 4.69) is 0 Å². The van der Waals surface area contributed by atoms with E-state index in [1.165, 1.54) is 4.31 Å². The Morgan fingerprint density at radius 2 is 2.05 bits per heavy atom. The van der Waals surface area contributed by atoms with Gasteiger partial charge >= 0.3 is 0 Å². The van der Waals surface area contributed by atoms with Crippen molar-refractivity contribution in [2.45, 2.75) is 24.0 Å². The predicted octanol–water partition coefficient (Wildman–Crippen LogP) is 0.702. The van der Waals surface area contributed by atoms with Gasteiger partial charge in [-0.1, -0.05) is 0 Å². The minimum Gasteiger partial charge on any atom is -0.371 e. The van der Waals surface area contributed by atoms with Gasteiger partial charge in [-0.25, -0.2) is 17.2 Å². The molecule has 1 aromatic carbocycles. The fourth-order valence-corrected chi connectivity index (χ4v) is 3.68. The average Bonchev–Trinajstić information content (AvgIpc) is 2.41. The largest absolute Gasteiger partial charge is 0.371 e. The lowest BCUT2D eigenvalue weighted by atomic mass is 10.2. The number of nitrogens with two attached hydrogens (primary N) is 1. The number of morpholine rings is 1. The molecular weight excluding hydrogens is 290 g/mol. The van der Waals surface area contributed by atoms with Crippen LogP contribution in [0.25, 0.3) is 0 Å². The van der Waals surface area contributed by atoms with E-state index >= 15 is 0 Å². The monoisotopic (exact) mass is 306 g/mol. The summed E-state index contributed by atoms with van der Waals surface area (Å²) in [6.45, 7) is 2.17. The van der Waals surface area contributed by atoms with Crippen molar-refractivity contribution in [3.8, 4) is 0 Å². The van der Waals surface area contributed by atoms with Gasteiger partial charge in [-0.15, -0.1) is 0 Å². The number of hydrogen-bond donors (Lipinski definition) is 1. The molecule has 1 aliphatic heterocycles. The highest BCUT2D eigenvalue weighted by atomic mass is 32.2. The molecule has 2 N–H and O–H groups in total. The Hall–Kier alpha value is -1.09. The molecular formula is C12H16F2N2O3S. The maximum atomic E-state index is 13.2. The van der Waals surface area contributed by atoms with Crippen molar-refractivity contribution in [3.63, 3.8) is 0 Å². The highest BCUT2D eigenvalue weighted by molar-refractivity contribution is 7.89. The van der Waals surface area contributed by atoms with Crippen LogP contribution in [0.2, 0.25) is 0 Å². The highest BCUT2D eigenvalue weighted by Crippen LogP contribution is 2.22. The van der Waals surface area contributed by atoms with Crippen LogP contribution in [-0.2, 0) is 14.8 Å². The fourth-order valence-electron chi connectivity index (χ4n) is 2.12. The van der Waals surface area contributed by atoms with E-state index in [9.17, 15) is 17.2 Å². The van der Waals surface area contributed by atoms with E-state index in [0.717, 1.165) is 12.1 Å². The molecule has 2 unspecified atom stereocenters. The van der Waals surface area contributed by atoms with Gasteiger partial charge < -0.3 is 10.5 Å². The van der Waals surface area contributed by atoms with Gasteiger partial charge in [0.2, 0.25) is 10.0 Å². The fraction of sp³-hybridized carbons (Fsp3) is 0.500. The summed E-state index contributed by atoms with van der Waals surface area (Å²) in [4.78, 5) is -0.277. The predicted molar refractivity (Wildman–Crippen MR) is 68.5 cm³/mol. The van der Waals surface area contributed by atoms with E-state index in [4.69, 9.17) is 10.5 Å². The Morgan fingerprint density at radius 1 is 1.35 bits per heavy atom. The second-order valence-electron chi connectivity index (χ2n) is 4.70. The molecule has 0 radical (unpaired) electrons. The lowest BCUT2D eigenvalue weighted by molar-refractivity contribution is -0.0486. The normalized spacial score (nSPS) is 24.8. The third-order valence-electron chi connectivity index (χ3n) is 3.08. The molecule has 0 amide bonds. The maximum Gasteiger partial charge on any atom is 0.243 e. The second-order valence-corrected chi connectivity index (χ2v) is 6.64. The van der Waals surface area contributed by atoms with Gasteiger partial charge in [-0.3, -0.25) is 0 Å². The first kappa shape index (κ1) is 15.3. The first-order valence-electron chi connectivity index (χ1n) is 6.15. The van der Waals surface area contributed by atoms with E-state index in [1.807, 2.05) is 0 Å². The van der Waals surface area contributed by atoms with Crippen LogP contribution in [0.3, 0.4) is 0 Å². The summed E-state index contributed by atoms with van der Waals surface area (Å²) in [6, 6.07) is 2.53. The van der Waals surface area contributed by atoms with Gasteiger partial charge in [0.25, 0.3) is 0 Å². The summed E-state index contributed by atoms with van der Waals surface area (Å²) in [5, 5.41) is 0. The van der Waals surface area contributed by atoms with E-state index in [0.29, 0.717) is 6.07 Å². The number of rotatable bonds is 3. The Bertz CT molecular complexity index is 594. The number of nitrogens with zero attached hydrogens (tertiary/aromatic N) is 1. The zero-order valence-electron chi connectivity index (χ0n) is 10.9. The van der Waals surface area contributed by atoms with Crippen molar-refractivity contribution in [2.24, 2.45) is 5.73 Å². The molecule has 0 bridgehead atoms. The number of sulfonamides is 1. The summed E-state index contributed by atoms with van der Waals surface area (Å²) in [5.74, 6) is -2.28. The molecule has 1 aliphatic rings. The molecule has 1 saturated heterocycles. The molecule has 1 aromatic rings. The van der Waals surface area contributed by atoms with Crippen molar-refractivity contribution < 1.29 is 21.9 Å². The Balaban J connectivity index is 2.31. The Labute approximate surface area is 116 Å². The summed E-state index contributed by atoms with van der Waals surface area (Å²) in [6.07, 6.45) is -0.712. The Kier molecular flexibility index (Phi) is 4.38. The van der Waals surface area contributed by atoms with Gasteiger partial charge in [0, 0.05) is 19.6 Å². The minimum atomic E-state index is -3.89. The SMILES string of the molecule is CC1CN(S(=O)(=O)c2ccc(F)c(F)c2)CC(CN)O1. The molecule has 0 saturated carbocycles. The van der Waals surface area contributed by atoms with Crippen LogP contribution in [-0.4, -0.2) is 44.6 Å². The molecule has 5 nitrogen and oxygen atoms in total. The molecule has 2 atom stereocenters. The van der Waals surface area contributed by atoms with Crippen molar-refractivity contribution >= 4 is 10.0 Å². The lowest BCUT2D eigenvalue weighted by Crippen LogP contribution is -2.51. The summed E-state index contributed by atoms with van der Waals surface area (Å²) in [5.41, 5.74) is 5.50. The number of halogens is 2. The van der Waals surface area contributed by atoms with Crippen LogP contribution >= 0.6 is 0 Å². The van der Waals surface area contributed by atoms with Crippen LogP contribution in [0.4, 0.5) is 8.78 Å². The van der Waals surface area contributed by atoms with Crippen molar-refractivity contribution in [3.05, 3.63) is 29.8 Å². The third kappa shape index (κ3) is 2.98. The van der Waals surface area contributed by atoms with E-state index in [1.54, 1.807) is 6.92 Å². The van der Waals surface area contributed by atoms with Gasteiger partial charge in [0.05, 0.1) is 17.1 Å². The molecule has 8 heteroatoms. The minimum absolute atomic E-state index is 0.0994. The van der Waals surface area contributed by atoms with Crippen molar-refractivity contribution in [1.82, 2.24) is 4.31 Å². The number of hydrogen-bond acceptors (Lipinski definition) is 4. The first-order valence-corrected chi connectivity index (χ1v) is 7.59. The molecule has 0 aliphatic carbocycles. The van der Waals surface area contributed by atoms with E-state index in [-0.39, 0.29) is 30.6 Å². The van der Waals surface area contributed by atoms with Crippen LogP contribution in [0.15, 0.2) is 23.1 Å². The topological polar surface area (TPSA) is 72.6 Å². The van der Waals surface area contributed by atoms with Gasteiger partial charge in [0.1, 0.15) is 0 Å².